The summed E-state index contributed by atoms with van der Waals surface area (Å²) in [6.45, 7) is 7.95. The van der Waals surface area contributed by atoms with Crippen LogP contribution in [0.2, 0.25) is 0 Å². The molecule has 1 rings (SSSR count). The molecule has 2 nitrogen and oxygen atoms in total. The van der Waals surface area contributed by atoms with Gasteiger partial charge in [-0.2, -0.15) is 0 Å². The average Bonchev–Trinajstić information content (AvgIpc) is 2.26. The fraction of sp³-hybridized carbons (Fsp3) is 0.643. The van der Waals surface area contributed by atoms with E-state index in [1.165, 1.54) is 12.1 Å². The number of pyridine rings is 1. The molecule has 0 saturated heterocycles. The normalized spacial score (nSPS) is 13.4. The number of likely N-dealkylation sites (N-methyl/N-ethyl adjacent to an activating group) is 1. The Hall–Kier alpha value is -0.890. The Labute approximate surface area is 99.7 Å². The van der Waals surface area contributed by atoms with Crippen LogP contribution in [0, 0.1) is 5.92 Å². The molecule has 0 amide bonds. The van der Waals surface area contributed by atoms with Crippen molar-refractivity contribution in [3.05, 3.63) is 30.1 Å². The van der Waals surface area contributed by atoms with Crippen LogP contribution in [-0.2, 0) is 6.42 Å². The zero-order chi connectivity index (χ0) is 12.0. The van der Waals surface area contributed by atoms with E-state index >= 15 is 0 Å². The van der Waals surface area contributed by atoms with Crippen molar-refractivity contribution in [2.24, 2.45) is 5.92 Å². The topological polar surface area (TPSA) is 16.1 Å². The van der Waals surface area contributed by atoms with E-state index in [4.69, 9.17) is 0 Å². The van der Waals surface area contributed by atoms with Crippen LogP contribution in [0.25, 0.3) is 0 Å². The minimum atomic E-state index is 0.656. The van der Waals surface area contributed by atoms with E-state index in [0.717, 1.165) is 18.9 Å². The predicted molar refractivity (Wildman–Crippen MR) is 69.5 cm³/mol. The highest BCUT2D eigenvalue weighted by Crippen LogP contribution is 2.09. The first-order chi connectivity index (χ1) is 7.59. The van der Waals surface area contributed by atoms with Crippen molar-refractivity contribution in [3.63, 3.8) is 0 Å². The number of rotatable bonds is 6. The van der Waals surface area contributed by atoms with Gasteiger partial charge in [0.2, 0.25) is 0 Å². The van der Waals surface area contributed by atoms with Gasteiger partial charge in [0, 0.05) is 30.9 Å². The molecule has 0 aliphatic carbocycles. The molecule has 1 aromatic rings. The molecule has 0 radical (unpaired) electrons. The third-order valence-electron chi connectivity index (χ3n) is 3.01. The summed E-state index contributed by atoms with van der Waals surface area (Å²) in [6, 6.07) is 6.78. The van der Waals surface area contributed by atoms with Gasteiger partial charge in [-0.15, -0.1) is 0 Å². The number of aromatic nitrogens is 1. The summed E-state index contributed by atoms with van der Waals surface area (Å²) in [4.78, 5) is 6.77. The van der Waals surface area contributed by atoms with Gasteiger partial charge in [0.25, 0.3) is 0 Å². The largest absolute Gasteiger partial charge is 0.303 e. The van der Waals surface area contributed by atoms with Gasteiger partial charge in [-0.1, -0.05) is 19.9 Å². The molecule has 16 heavy (non-hydrogen) atoms. The summed E-state index contributed by atoms with van der Waals surface area (Å²) in [7, 11) is 2.20. The molecule has 0 aliphatic heterocycles. The minimum Gasteiger partial charge on any atom is -0.303 e. The van der Waals surface area contributed by atoms with Gasteiger partial charge in [-0.25, -0.2) is 0 Å². The van der Waals surface area contributed by atoms with Crippen molar-refractivity contribution in [2.45, 2.75) is 39.7 Å². The summed E-state index contributed by atoms with van der Waals surface area (Å²) in [5.74, 6) is 0.771. The Morgan fingerprint density at radius 2 is 2.00 bits per heavy atom. The lowest BCUT2D eigenvalue weighted by Gasteiger charge is -2.25. The van der Waals surface area contributed by atoms with Crippen LogP contribution in [-0.4, -0.2) is 29.5 Å². The molecule has 0 fully saturated rings. The zero-order valence-electron chi connectivity index (χ0n) is 11.0. The van der Waals surface area contributed by atoms with Crippen LogP contribution in [0.5, 0.6) is 0 Å². The highest BCUT2D eigenvalue weighted by Gasteiger charge is 2.10. The Balaban J connectivity index is 2.32. The lowest BCUT2D eigenvalue weighted by atomic mass is 10.0. The Morgan fingerprint density at radius 3 is 2.56 bits per heavy atom. The maximum atomic E-state index is 4.34. The molecule has 1 atom stereocenters. The van der Waals surface area contributed by atoms with Gasteiger partial charge in [0.1, 0.15) is 0 Å². The SMILES string of the molecule is CC(C)C[C@H](C)N(C)CCc1ccccn1. The lowest BCUT2D eigenvalue weighted by molar-refractivity contribution is 0.230. The molecule has 0 bridgehead atoms. The fourth-order valence-corrected chi connectivity index (χ4v) is 1.92. The summed E-state index contributed by atoms with van der Waals surface area (Å²) in [5, 5.41) is 0. The van der Waals surface area contributed by atoms with Gasteiger partial charge in [0.15, 0.2) is 0 Å². The van der Waals surface area contributed by atoms with E-state index in [1.54, 1.807) is 0 Å². The van der Waals surface area contributed by atoms with Gasteiger partial charge in [-0.3, -0.25) is 4.98 Å². The van der Waals surface area contributed by atoms with Crippen molar-refractivity contribution in [1.82, 2.24) is 9.88 Å². The zero-order valence-corrected chi connectivity index (χ0v) is 11.0. The van der Waals surface area contributed by atoms with Crippen molar-refractivity contribution in [3.8, 4) is 0 Å². The first kappa shape index (κ1) is 13.2. The Morgan fingerprint density at radius 1 is 1.25 bits per heavy atom. The molecule has 0 unspecified atom stereocenters. The molecular weight excluding hydrogens is 196 g/mol. The molecule has 0 aromatic carbocycles. The van der Waals surface area contributed by atoms with Gasteiger partial charge in [-0.05, 0) is 38.4 Å². The molecule has 1 heterocycles. The highest BCUT2D eigenvalue weighted by molar-refractivity contribution is 5.03. The van der Waals surface area contributed by atoms with E-state index < -0.39 is 0 Å². The first-order valence-corrected chi connectivity index (χ1v) is 6.19. The van der Waals surface area contributed by atoms with Crippen LogP contribution in [0.1, 0.15) is 32.9 Å². The quantitative estimate of drug-likeness (QED) is 0.732. The van der Waals surface area contributed by atoms with E-state index in [0.29, 0.717) is 6.04 Å². The molecule has 2 heteroatoms. The molecule has 0 spiro atoms. The van der Waals surface area contributed by atoms with Crippen molar-refractivity contribution < 1.29 is 0 Å². The van der Waals surface area contributed by atoms with Crippen LogP contribution >= 0.6 is 0 Å². The average molecular weight is 220 g/mol. The standard InChI is InChI=1S/C14H24N2/c1-12(2)11-13(3)16(4)10-8-14-7-5-6-9-15-14/h5-7,9,12-13H,8,10-11H2,1-4H3/t13-/m0/s1. The van der Waals surface area contributed by atoms with Gasteiger partial charge in [0.05, 0.1) is 0 Å². The van der Waals surface area contributed by atoms with Crippen LogP contribution in [0.4, 0.5) is 0 Å². The van der Waals surface area contributed by atoms with Gasteiger partial charge < -0.3 is 4.90 Å². The van der Waals surface area contributed by atoms with E-state index in [-0.39, 0.29) is 0 Å². The molecule has 1 aromatic heterocycles. The van der Waals surface area contributed by atoms with Crippen molar-refractivity contribution in [2.75, 3.05) is 13.6 Å². The van der Waals surface area contributed by atoms with E-state index in [9.17, 15) is 0 Å². The summed E-state index contributed by atoms with van der Waals surface area (Å²) >= 11 is 0. The summed E-state index contributed by atoms with van der Waals surface area (Å²) in [6.07, 6.45) is 4.17. The molecule has 0 N–H and O–H groups in total. The molecule has 0 saturated carbocycles. The number of nitrogens with zero attached hydrogens (tertiary/aromatic N) is 2. The smallest absolute Gasteiger partial charge is 0.0416 e. The summed E-state index contributed by atoms with van der Waals surface area (Å²) < 4.78 is 0. The minimum absolute atomic E-state index is 0.656. The maximum Gasteiger partial charge on any atom is 0.0416 e. The van der Waals surface area contributed by atoms with Gasteiger partial charge >= 0.3 is 0 Å². The molecule has 90 valence electrons. The Bertz CT molecular complexity index is 282. The second-order valence-electron chi connectivity index (χ2n) is 5.03. The van der Waals surface area contributed by atoms with Crippen molar-refractivity contribution in [1.29, 1.82) is 0 Å². The van der Waals surface area contributed by atoms with Crippen LogP contribution in [0.15, 0.2) is 24.4 Å². The molecular formula is C14H24N2. The predicted octanol–water partition coefficient (Wildman–Crippen LogP) is 2.99. The van der Waals surface area contributed by atoms with E-state index in [2.05, 4.69) is 49.8 Å². The second kappa shape index (κ2) is 6.64. The molecule has 0 aliphatic rings. The second-order valence-corrected chi connectivity index (χ2v) is 5.03. The highest BCUT2D eigenvalue weighted by atomic mass is 15.1. The van der Waals surface area contributed by atoms with Crippen molar-refractivity contribution >= 4 is 0 Å². The number of hydrogen-bond acceptors (Lipinski definition) is 2. The summed E-state index contributed by atoms with van der Waals surface area (Å²) in [5.41, 5.74) is 1.19. The Kier molecular flexibility index (Phi) is 5.47. The van der Waals surface area contributed by atoms with E-state index in [1.807, 2.05) is 12.3 Å². The third-order valence-corrected chi connectivity index (χ3v) is 3.01. The number of hydrogen-bond donors (Lipinski definition) is 0. The monoisotopic (exact) mass is 220 g/mol. The maximum absolute atomic E-state index is 4.34. The first-order valence-electron chi connectivity index (χ1n) is 6.19. The third kappa shape index (κ3) is 4.75. The lowest BCUT2D eigenvalue weighted by Crippen LogP contribution is -2.32. The van der Waals surface area contributed by atoms with Crippen LogP contribution in [0.3, 0.4) is 0 Å². The van der Waals surface area contributed by atoms with Crippen LogP contribution < -0.4 is 0 Å². The fourth-order valence-electron chi connectivity index (χ4n) is 1.92.